The molecule has 1 atom stereocenters. The minimum absolute atomic E-state index is 0.0438. The van der Waals surface area contributed by atoms with E-state index < -0.39 is 10.3 Å². The fourth-order valence-corrected chi connectivity index (χ4v) is 3.74. The zero-order valence-corrected chi connectivity index (χ0v) is 13.3. The number of phenols is 1. The predicted molar refractivity (Wildman–Crippen MR) is 88.9 cm³/mol. The number of non-ortho nitro benzene ring substituents is 1. The first-order valence-corrected chi connectivity index (χ1v) is 8.06. The number of aromatic hydroxyl groups is 1. The second-order valence-corrected chi connectivity index (χ2v) is 6.42. The number of nitrogens with zero attached hydrogens (tertiary/aromatic N) is 2. The summed E-state index contributed by atoms with van der Waals surface area (Å²) in [5.74, 6) is -0.0379. The average Bonchev–Trinajstić information content (AvgIpc) is 2.91. The van der Waals surface area contributed by atoms with Crippen molar-refractivity contribution in [3.05, 3.63) is 63.2 Å². The molecule has 3 rings (SSSR count). The number of carbonyl (C=O) groups is 1. The zero-order chi connectivity index (χ0) is 16.6. The van der Waals surface area contributed by atoms with Gasteiger partial charge in [-0.25, -0.2) is 0 Å². The Hall–Kier alpha value is -2.25. The van der Waals surface area contributed by atoms with Crippen LogP contribution >= 0.6 is 23.4 Å². The van der Waals surface area contributed by atoms with Gasteiger partial charge in [0.25, 0.3) is 5.69 Å². The largest absolute Gasteiger partial charge is 0.506 e. The maximum atomic E-state index is 12.3. The molecule has 6 nitrogen and oxygen atoms in total. The lowest BCUT2D eigenvalue weighted by atomic mass is 10.1. The van der Waals surface area contributed by atoms with Gasteiger partial charge < -0.3 is 5.11 Å². The van der Waals surface area contributed by atoms with Gasteiger partial charge in [-0.3, -0.25) is 19.8 Å². The summed E-state index contributed by atoms with van der Waals surface area (Å²) in [5.41, 5.74) is 0.871. The minimum atomic E-state index is -0.480. The highest BCUT2D eigenvalue weighted by Crippen LogP contribution is 2.45. The zero-order valence-electron chi connectivity index (χ0n) is 11.7. The Morgan fingerprint density at radius 2 is 2.09 bits per heavy atom. The van der Waals surface area contributed by atoms with E-state index >= 15 is 0 Å². The van der Waals surface area contributed by atoms with Crippen LogP contribution in [0.5, 0.6) is 5.75 Å². The summed E-state index contributed by atoms with van der Waals surface area (Å²) in [6, 6.07) is 10.6. The summed E-state index contributed by atoms with van der Waals surface area (Å²) in [7, 11) is 0. The van der Waals surface area contributed by atoms with Crippen molar-refractivity contribution >= 4 is 40.6 Å². The Morgan fingerprint density at radius 3 is 2.83 bits per heavy atom. The van der Waals surface area contributed by atoms with Gasteiger partial charge in [0.2, 0.25) is 5.91 Å². The van der Waals surface area contributed by atoms with Crippen molar-refractivity contribution < 1.29 is 14.8 Å². The number of amides is 1. The molecule has 0 saturated carbocycles. The Kier molecular flexibility index (Phi) is 4.14. The SMILES string of the molecule is O=C1CS[C@H](c2cccc([N+](=O)[O-])c2)N1c1cc(Cl)ccc1O. The number of nitro groups is 1. The molecular formula is C15H11ClN2O4S. The monoisotopic (exact) mass is 350 g/mol. The predicted octanol–water partition coefficient (Wildman–Crippen LogP) is 3.73. The normalized spacial score (nSPS) is 17.5. The van der Waals surface area contributed by atoms with Gasteiger partial charge in [0.05, 0.1) is 16.4 Å². The molecule has 1 amide bonds. The molecule has 0 radical (unpaired) electrons. The van der Waals surface area contributed by atoms with E-state index in [0.717, 1.165) is 0 Å². The lowest BCUT2D eigenvalue weighted by Crippen LogP contribution is -2.27. The third-order valence-corrected chi connectivity index (χ3v) is 4.88. The molecule has 1 N–H and O–H groups in total. The number of hydrogen-bond acceptors (Lipinski definition) is 5. The summed E-state index contributed by atoms with van der Waals surface area (Å²) in [5, 5.41) is 20.9. The van der Waals surface area contributed by atoms with E-state index in [1.807, 2.05) is 0 Å². The molecule has 1 heterocycles. The lowest BCUT2D eigenvalue weighted by molar-refractivity contribution is -0.384. The molecule has 1 aliphatic heterocycles. The van der Waals surface area contributed by atoms with E-state index in [0.29, 0.717) is 16.3 Å². The van der Waals surface area contributed by atoms with E-state index in [1.165, 1.54) is 47.0 Å². The Labute approximate surface area is 140 Å². The topological polar surface area (TPSA) is 83.7 Å². The van der Waals surface area contributed by atoms with Gasteiger partial charge in [-0.2, -0.15) is 0 Å². The summed E-state index contributed by atoms with van der Waals surface area (Å²) < 4.78 is 0. The van der Waals surface area contributed by atoms with E-state index in [4.69, 9.17) is 11.6 Å². The van der Waals surface area contributed by atoms with Gasteiger partial charge >= 0.3 is 0 Å². The smallest absolute Gasteiger partial charge is 0.269 e. The second-order valence-electron chi connectivity index (χ2n) is 4.91. The van der Waals surface area contributed by atoms with E-state index in [2.05, 4.69) is 0 Å². The number of rotatable bonds is 3. The molecular weight excluding hydrogens is 340 g/mol. The number of halogens is 1. The molecule has 1 aliphatic rings. The van der Waals surface area contributed by atoms with Crippen molar-refractivity contribution in [1.82, 2.24) is 0 Å². The van der Waals surface area contributed by atoms with Crippen LogP contribution in [0.3, 0.4) is 0 Å². The molecule has 0 unspecified atom stereocenters. The quantitative estimate of drug-likeness (QED) is 0.673. The van der Waals surface area contributed by atoms with E-state index in [-0.39, 0.29) is 23.1 Å². The lowest BCUT2D eigenvalue weighted by Gasteiger charge is -2.25. The van der Waals surface area contributed by atoms with E-state index in [1.54, 1.807) is 12.1 Å². The standard InChI is InChI=1S/C15H11ClN2O4S/c16-10-4-5-13(19)12(7-10)17-14(20)8-23-15(17)9-2-1-3-11(6-9)18(21)22/h1-7,15,19H,8H2/t15-/m1/s1. The third-order valence-electron chi connectivity index (χ3n) is 3.43. The second kappa shape index (κ2) is 6.10. The van der Waals surface area contributed by atoms with Crippen LogP contribution in [0.25, 0.3) is 0 Å². The first-order chi connectivity index (χ1) is 11.0. The summed E-state index contributed by atoms with van der Waals surface area (Å²) >= 11 is 7.30. The van der Waals surface area contributed by atoms with Gasteiger partial charge in [0, 0.05) is 17.2 Å². The molecule has 0 spiro atoms. The van der Waals surface area contributed by atoms with Crippen LogP contribution in [0, 0.1) is 10.1 Å². The Balaban J connectivity index is 2.05. The van der Waals surface area contributed by atoms with Crippen molar-refractivity contribution in [1.29, 1.82) is 0 Å². The number of carbonyl (C=O) groups excluding carboxylic acids is 1. The number of anilines is 1. The van der Waals surface area contributed by atoms with Gasteiger partial charge in [-0.1, -0.05) is 23.7 Å². The van der Waals surface area contributed by atoms with Crippen LogP contribution in [-0.4, -0.2) is 21.7 Å². The molecule has 2 aromatic carbocycles. The number of hydrogen-bond donors (Lipinski definition) is 1. The highest BCUT2D eigenvalue weighted by molar-refractivity contribution is 8.00. The molecule has 1 fully saturated rings. The van der Waals surface area contributed by atoms with Gasteiger partial charge in [0.15, 0.2) is 0 Å². The molecule has 0 aliphatic carbocycles. The number of thioether (sulfide) groups is 1. The van der Waals surface area contributed by atoms with Crippen LogP contribution in [0.15, 0.2) is 42.5 Å². The van der Waals surface area contributed by atoms with Crippen LogP contribution in [0.2, 0.25) is 5.02 Å². The third kappa shape index (κ3) is 2.97. The van der Waals surface area contributed by atoms with Crippen molar-refractivity contribution in [2.24, 2.45) is 0 Å². The first kappa shape index (κ1) is 15.6. The van der Waals surface area contributed by atoms with Crippen LogP contribution in [0.4, 0.5) is 11.4 Å². The molecule has 23 heavy (non-hydrogen) atoms. The number of phenolic OH excluding ortho intramolecular Hbond substituents is 1. The van der Waals surface area contributed by atoms with Crippen LogP contribution in [0.1, 0.15) is 10.9 Å². The summed E-state index contributed by atoms with van der Waals surface area (Å²) in [6.45, 7) is 0. The van der Waals surface area contributed by atoms with Gasteiger partial charge in [-0.15, -0.1) is 11.8 Å². The highest BCUT2D eigenvalue weighted by atomic mass is 35.5. The molecule has 1 saturated heterocycles. The molecule has 118 valence electrons. The summed E-state index contributed by atoms with van der Waals surface area (Å²) in [4.78, 5) is 24.1. The molecule has 0 aromatic heterocycles. The molecule has 0 bridgehead atoms. The number of nitro benzene ring substituents is 1. The Morgan fingerprint density at radius 1 is 1.30 bits per heavy atom. The van der Waals surface area contributed by atoms with Crippen molar-refractivity contribution in [3.8, 4) is 5.75 Å². The first-order valence-electron chi connectivity index (χ1n) is 6.64. The van der Waals surface area contributed by atoms with Crippen molar-refractivity contribution in [2.45, 2.75) is 5.37 Å². The maximum absolute atomic E-state index is 12.3. The average molecular weight is 351 g/mol. The maximum Gasteiger partial charge on any atom is 0.269 e. The van der Waals surface area contributed by atoms with Crippen LogP contribution < -0.4 is 4.90 Å². The minimum Gasteiger partial charge on any atom is -0.506 e. The highest BCUT2D eigenvalue weighted by Gasteiger charge is 2.36. The number of benzene rings is 2. The van der Waals surface area contributed by atoms with Crippen LogP contribution in [-0.2, 0) is 4.79 Å². The fraction of sp³-hybridized carbons (Fsp3) is 0.133. The Bertz CT molecular complexity index is 799. The van der Waals surface area contributed by atoms with Crippen molar-refractivity contribution in [3.63, 3.8) is 0 Å². The fourth-order valence-electron chi connectivity index (χ4n) is 2.41. The summed E-state index contributed by atoms with van der Waals surface area (Å²) in [6.07, 6.45) is 0. The van der Waals surface area contributed by atoms with Crippen molar-refractivity contribution in [2.75, 3.05) is 10.7 Å². The van der Waals surface area contributed by atoms with Gasteiger partial charge in [-0.05, 0) is 23.8 Å². The molecule has 2 aromatic rings. The molecule has 8 heteroatoms. The van der Waals surface area contributed by atoms with Gasteiger partial charge in [0.1, 0.15) is 11.1 Å². The van der Waals surface area contributed by atoms with E-state index in [9.17, 15) is 20.0 Å².